The lowest BCUT2D eigenvalue weighted by molar-refractivity contribution is -0.142. The summed E-state index contributed by atoms with van der Waals surface area (Å²) in [4.78, 5) is 65.6. The van der Waals surface area contributed by atoms with Gasteiger partial charge in [-0.3, -0.25) is 19.2 Å². The van der Waals surface area contributed by atoms with E-state index in [2.05, 4.69) is 20.9 Å². The third kappa shape index (κ3) is 10.2. The van der Waals surface area contributed by atoms with Crippen LogP contribution in [0, 0.1) is 0 Å². The van der Waals surface area contributed by atoms with E-state index in [1.807, 2.05) is 30.5 Å². The number of primary amides is 1. The predicted octanol–water partition coefficient (Wildman–Crippen LogP) is -0.666. The highest BCUT2D eigenvalue weighted by Gasteiger charge is 2.31. The summed E-state index contributed by atoms with van der Waals surface area (Å²) in [5.41, 5.74) is 18.2. The van der Waals surface area contributed by atoms with Crippen LogP contribution in [0.1, 0.15) is 37.7 Å². The van der Waals surface area contributed by atoms with Gasteiger partial charge in [-0.2, -0.15) is 11.8 Å². The summed E-state index contributed by atoms with van der Waals surface area (Å²) in [7, 11) is 0. The quantitative estimate of drug-likeness (QED) is 0.105. The topological polar surface area (TPSA) is 236 Å². The number of carbonyl (C=O) groups excluding carboxylic acids is 4. The Morgan fingerprint density at radius 2 is 1.60 bits per heavy atom. The summed E-state index contributed by atoms with van der Waals surface area (Å²) in [5, 5.41) is 18.1. The van der Waals surface area contributed by atoms with Crippen molar-refractivity contribution in [1.82, 2.24) is 20.9 Å². The first-order valence-electron chi connectivity index (χ1n) is 13.0. The normalized spacial score (nSPS) is 14.1. The SMILES string of the molecule is CSCCC(NC(=O)C(CC(N)=O)NC(=O)C(N)CCCCN)C(=O)NC(Cc1c[nH]c2ccccc12)C(=O)O. The zero-order valence-electron chi connectivity index (χ0n) is 22.5. The van der Waals surface area contributed by atoms with E-state index in [9.17, 15) is 29.1 Å². The van der Waals surface area contributed by atoms with Gasteiger partial charge in [0.1, 0.15) is 18.1 Å². The molecule has 0 spiro atoms. The molecule has 0 saturated heterocycles. The van der Waals surface area contributed by atoms with Gasteiger partial charge in [0.05, 0.1) is 12.5 Å². The first kappa shape index (κ1) is 32.6. The molecule has 4 amide bonds. The van der Waals surface area contributed by atoms with Crippen molar-refractivity contribution in [3.05, 3.63) is 36.0 Å². The van der Waals surface area contributed by atoms with Crippen molar-refractivity contribution in [3.63, 3.8) is 0 Å². The first-order valence-corrected chi connectivity index (χ1v) is 14.4. The number of aromatic amines is 1. The van der Waals surface area contributed by atoms with Crippen LogP contribution in [0.4, 0.5) is 0 Å². The van der Waals surface area contributed by atoms with Gasteiger partial charge >= 0.3 is 5.97 Å². The molecular formula is C26H39N7O6S. The van der Waals surface area contributed by atoms with Crippen LogP contribution in [-0.4, -0.2) is 82.4 Å². The molecule has 4 unspecified atom stereocenters. The maximum Gasteiger partial charge on any atom is 0.326 e. The van der Waals surface area contributed by atoms with Gasteiger partial charge < -0.3 is 43.2 Å². The molecule has 0 saturated carbocycles. The van der Waals surface area contributed by atoms with Crippen molar-refractivity contribution in [2.24, 2.45) is 17.2 Å². The number of nitrogens with one attached hydrogen (secondary N) is 4. The van der Waals surface area contributed by atoms with Crippen LogP contribution in [0.15, 0.2) is 30.5 Å². The number of H-pyrrole nitrogens is 1. The Morgan fingerprint density at radius 3 is 2.25 bits per heavy atom. The fraction of sp³-hybridized carbons (Fsp3) is 0.500. The zero-order valence-corrected chi connectivity index (χ0v) is 23.3. The van der Waals surface area contributed by atoms with Crippen LogP contribution in [0.3, 0.4) is 0 Å². The van der Waals surface area contributed by atoms with Crippen LogP contribution in [-0.2, 0) is 30.4 Å². The molecule has 1 aromatic heterocycles. The van der Waals surface area contributed by atoms with E-state index in [0.29, 0.717) is 37.1 Å². The average molecular weight is 578 g/mol. The molecular weight excluding hydrogens is 538 g/mol. The second-order valence-corrected chi connectivity index (χ2v) is 10.4. The molecule has 13 nitrogen and oxygen atoms in total. The van der Waals surface area contributed by atoms with Crippen molar-refractivity contribution < 1.29 is 29.1 Å². The van der Waals surface area contributed by atoms with E-state index >= 15 is 0 Å². The summed E-state index contributed by atoms with van der Waals surface area (Å²) >= 11 is 1.43. The van der Waals surface area contributed by atoms with Crippen molar-refractivity contribution in [2.75, 3.05) is 18.6 Å². The lowest BCUT2D eigenvalue weighted by Crippen LogP contribution is -2.58. The molecule has 0 aliphatic rings. The van der Waals surface area contributed by atoms with Crippen molar-refractivity contribution >= 4 is 52.3 Å². The Labute approximate surface area is 236 Å². The summed E-state index contributed by atoms with van der Waals surface area (Å²) in [5.74, 6) is -3.78. The minimum Gasteiger partial charge on any atom is -0.480 e. The molecule has 40 heavy (non-hydrogen) atoms. The number of benzene rings is 1. The third-order valence-electron chi connectivity index (χ3n) is 6.30. The molecule has 1 heterocycles. The van der Waals surface area contributed by atoms with Gasteiger partial charge in [0, 0.05) is 23.5 Å². The predicted molar refractivity (Wildman–Crippen MR) is 153 cm³/mol. The number of carboxylic acids is 1. The van der Waals surface area contributed by atoms with Crippen LogP contribution in [0.5, 0.6) is 0 Å². The number of hydrogen-bond donors (Lipinski definition) is 8. The number of para-hydroxylation sites is 1. The Hall–Kier alpha value is -3.62. The largest absolute Gasteiger partial charge is 0.480 e. The van der Waals surface area contributed by atoms with Gasteiger partial charge in [0.15, 0.2) is 0 Å². The van der Waals surface area contributed by atoms with Crippen molar-refractivity contribution in [1.29, 1.82) is 0 Å². The molecule has 1 aromatic carbocycles. The van der Waals surface area contributed by atoms with E-state index in [4.69, 9.17) is 17.2 Å². The number of nitrogens with two attached hydrogens (primary N) is 3. The van der Waals surface area contributed by atoms with E-state index in [1.54, 1.807) is 6.20 Å². The van der Waals surface area contributed by atoms with Gasteiger partial charge in [0.2, 0.25) is 23.6 Å². The zero-order chi connectivity index (χ0) is 29.7. The fourth-order valence-corrected chi connectivity index (χ4v) is 4.57. The molecule has 4 atom stereocenters. The van der Waals surface area contributed by atoms with Crippen LogP contribution in [0.2, 0.25) is 0 Å². The second-order valence-electron chi connectivity index (χ2n) is 9.43. The lowest BCUT2D eigenvalue weighted by atomic mass is 10.0. The summed E-state index contributed by atoms with van der Waals surface area (Å²) < 4.78 is 0. The van der Waals surface area contributed by atoms with Gasteiger partial charge in [-0.15, -0.1) is 0 Å². The lowest BCUT2D eigenvalue weighted by Gasteiger charge is -2.25. The number of hydrogen-bond acceptors (Lipinski definition) is 8. The van der Waals surface area contributed by atoms with E-state index in [-0.39, 0.29) is 12.8 Å². The highest BCUT2D eigenvalue weighted by Crippen LogP contribution is 2.19. The Morgan fingerprint density at radius 1 is 0.950 bits per heavy atom. The molecule has 11 N–H and O–H groups in total. The monoisotopic (exact) mass is 577 g/mol. The number of fused-ring (bicyclic) bond motifs is 1. The minimum absolute atomic E-state index is 0.0106. The van der Waals surface area contributed by atoms with E-state index in [0.717, 1.165) is 10.9 Å². The molecule has 0 aliphatic carbocycles. The molecule has 0 aliphatic heterocycles. The standard InChI is InChI=1S/C26H39N7O6S/c1-40-11-9-19(31-25(37)20(13-22(29)34)32-23(35)17(28)7-4-5-10-27)24(36)33-21(26(38)39)12-15-14-30-18-8-3-2-6-16(15)18/h2-3,6,8,14,17,19-21,30H,4-5,7,9-13,27-28H2,1H3,(H2,29,34)(H,31,37)(H,32,35)(H,33,36)(H,38,39). The van der Waals surface area contributed by atoms with Gasteiger partial charge in [-0.05, 0) is 49.4 Å². The molecule has 0 bridgehead atoms. The van der Waals surface area contributed by atoms with E-state index < -0.39 is 60.2 Å². The van der Waals surface area contributed by atoms with Crippen molar-refractivity contribution in [2.45, 2.75) is 62.7 Å². The first-order chi connectivity index (χ1) is 19.1. The molecule has 0 fully saturated rings. The molecule has 2 rings (SSSR count). The van der Waals surface area contributed by atoms with Crippen LogP contribution < -0.4 is 33.2 Å². The number of carboxylic acid groups (broad SMARTS) is 1. The van der Waals surface area contributed by atoms with Gasteiger partial charge in [-0.1, -0.05) is 24.6 Å². The number of amides is 4. The number of unbranched alkanes of at least 4 members (excludes halogenated alkanes) is 1. The van der Waals surface area contributed by atoms with Gasteiger partial charge in [-0.25, -0.2) is 4.79 Å². The Bertz CT molecular complexity index is 1170. The van der Waals surface area contributed by atoms with Crippen molar-refractivity contribution in [3.8, 4) is 0 Å². The minimum atomic E-state index is -1.36. The van der Waals surface area contributed by atoms with Crippen LogP contribution >= 0.6 is 11.8 Å². The summed E-state index contributed by atoms with van der Waals surface area (Å²) in [6.07, 6.45) is 4.80. The number of aromatic nitrogens is 1. The number of thioether (sulfide) groups is 1. The highest BCUT2D eigenvalue weighted by molar-refractivity contribution is 7.98. The van der Waals surface area contributed by atoms with E-state index in [1.165, 1.54) is 11.8 Å². The third-order valence-corrected chi connectivity index (χ3v) is 6.95. The average Bonchev–Trinajstić information content (AvgIpc) is 3.32. The molecule has 14 heteroatoms. The highest BCUT2D eigenvalue weighted by atomic mass is 32.2. The van der Waals surface area contributed by atoms with Crippen LogP contribution in [0.25, 0.3) is 10.9 Å². The number of rotatable bonds is 18. The molecule has 2 aromatic rings. The second kappa shape index (κ2) is 16.5. The fourth-order valence-electron chi connectivity index (χ4n) is 4.10. The van der Waals surface area contributed by atoms with Gasteiger partial charge in [0.25, 0.3) is 0 Å². The smallest absolute Gasteiger partial charge is 0.326 e. The Balaban J connectivity index is 2.14. The number of aliphatic carboxylic acids is 1. The Kier molecular flexibility index (Phi) is 13.4. The maximum absolute atomic E-state index is 13.2. The maximum atomic E-state index is 13.2. The summed E-state index contributed by atoms with van der Waals surface area (Å²) in [6, 6.07) is 2.69. The number of carbonyl (C=O) groups is 5. The molecule has 0 radical (unpaired) electrons. The summed E-state index contributed by atoms with van der Waals surface area (Å²) in [6.45, 7) is 0.449. The molecule has 220 valence electrons.